The van der Waals surface area contributed by atoms with Gasteiger partial charge in [0.25, 0.3) is 5.91 Å². The maximum absolute atomic E-state index is 12.3. The lowest BCUT2D eigenvalue weighted by Crippen LogP contribution is -2.23. The van der Waals surface area contributed by atoms with Crippen LogP contribution in [0.3, 0.4) is 0 Å². The molecule has 1 unspecified atom stereocenters. The highest BCUT2D eigenvalue weighted by atomic mass is 16.5. The molecule has 2 aromatic rings. The van der Waals surface area contributed by atoms with Crippen LogP contribution in [0.4, 0.5) is 5.69 Å². The molecule has 28 heavy (non-hydrogen) atoms. The van der Waals surface area contributed by atoms with E-state index in [1.807, 2.05) is 32.0 Å². The van der Waals surface area contributed by atoms with E-state index in [1.54, 1.807) is 24.3 Å². The lowest BCUT2D eigenvalue weighted by Gasteiger charge is -2.12. The van der Waals surface area contributed by atoms with Crippen LogP contribution in [0.2, 0.25) is 0 Å². The van der Waals surface area contributed by atoms with E-state index < -0.39 is 12.6 Å². The van der Waals surface area contributed by atoms with Gasteiger partial charge in [-0.3, -0.25) is 9.59 Å². The van der Waals surface area contributed by atoms with E-state index in [-0.39, 0.29) is 24.3 Å². The molecule has 2 rings (SSSR count). The van der Waals surface area contributed by atoms with Crippen LogP contribution in [-0.2, 0) is 16.1 Å². The number of rotatable bonds is 9. The van der Waals surface area contributed by atoms with Gasteiger partial charge in [0.2, 0.25) is 5.91 Å². The second-order valence-electron chi connectivity index (χ2n) is 6.39. The molecule has 0 bridgehead atoms. The molecule has 0 heterocycles. The minimum absolute atomic E-state index is 0.0399. The number of carbonyl (C=O) groups is 3. The van der Waals surface area contributed by atoms with E-state index in [1.165, 1.54) is 6.07 Å². The molecular formula is C21H24N2O5. The van der Waals surface area contributed by atoms with Gasteiger partial charge in [-0.25, -0.2) is 4.79 Å². The first-order valence-electron chi connectivity index (χ1n) is 9.01. The zero-order valence-electron chi connectivity index (χ0n) is 15.9. The highest BCUT2D eigenvalue weighted by molar-refractivity contribution is 5.94. The van der Waals surface area contributed by atoms with E-state index >= 15 is 0 Å². The normalized spacial score (nSPS) is 11.4. The third kappa shape index (κ3) is 6.42. The number of hydrogen-bond donors (Lipinski definition) is 3. The monoisotopic (exact) mass is 384 g/mol. The van der Waals surface area contributed by atoms with Gasteiger partial charge in [-0.15, -0.1) is 0 Å². The van der Waals surface area contributed by atoms with Gasteiger partial charge >= 0.3 is 5.97 Å². The highest BCUT2D eigenvalue weighted by Crippen LogP contribution is 2.15. The summed E-state index contributed by atoms with van der Waals surface area (Å²) in [7, 11) is 0. The Hall–Kier alpha value is -3.35. The van der Waals surface area contributed by atoms with Gasteiger partial charge in [-0.2, -0.15) is 0 Å². The molecule has 0 aromatic heterocycles. The number of ether oxygens (including phenoxy) is 1. The number of benzene rings is 2. The Morgan fingerprint density at radius 3 is 2.57 bits per heavy atom. The summed E-state index contributed by atoms with van der Waals surface area (Å²) in [6.45, 7) is 3.64. The molecule has 0 spiro atoms. The third-order valence-electron chi connectivity index (χ3n) is 4.17. The molecule has 0 aliphatic carbocycles. The van der Waals surface area contributed by atoms with Crippen LogP contribution in [0.25, 0.3) is 0 Å². The fourth-order valence-corrected chi connectivity index (χ4v) is 2.37. The standard InChI is InChI=1S/C21H24N2O5/c1-3-14(2)20(26)23-17-8-4-6-15(10-17)12-22-21(27)16-7-5-9-18(11-16)28-13-19(24)25/h4-11,14H,3,12-13H2,1-2H3,(H,22,27)(H,23,26)(H,24,25). The summed E-state index contributed by atoms with van der Waals surface area (Å²) in [4.78, 5) is 34.9. The van der Waals surface area contributed by atoms with Crippen molar-refractivity contribution >= 4 is 23.5 Å². The lowest BCUT2D eigenvalue weighted by molar-refractivity contribution is -0.139. The van der Waals surface area contributed by atoms with Gasteiger partial charge in [0.05, 0.1) is 0 Å². The van der Waals surface area contributed by atoms with Crippen molar-refractivity contribution in [1.82, 2.24) is 5.32 Å². The van der Waals surface area contributed by atoms with Crippen molar-refractivity contribution in [1.29, 1.82) is 0 Å². The predicted molar refractivity (Wildman–Crippen MR) is 105 cm³/mol. The smallest absolute Gasteiger partial charge is 0.341 e. The van der Waals surface area contributed by atoms with Gasteiger partial charge in [-0.05, 0) is 42.3 Å². The number of anilines is 1. The summed E-state index contributed by atoms with van der Waals surface area (Å²) >= 11 is 0. The molecule has 0 aliphatic heterocycles. The van der Waals surface area contributed by atoms with E-state index in [9.17, 15) is 14.4 Å². The van der Waals surface area contributed by atoms with E-state index in [0.717, 1.165) is 12.0 Å². The van der Waals surface area contributed by atoms with Gasteiger partial charge in [-0.1, -0.05) is 32.0 Å². The van der Waals surface area contributed by atoms with Crippen LogP contribution >= 0.6 is 0 Å². The molecule has 2 amide bonds. The van der Waals surface area contributed by atoms with E-state index in [4.69, 9.17) is 9.84 Å². The Bertz CT molecular complexity index is 850. The molecular weight excluding hydrogens is 360 g/mol. The minimum Gasteiger partial charge on any atom is -0.482 e. The maximum atomic E-state index is 12.3. The topological polar surface area (TPSA) is 105 Å². The summed E-state index contributed by atoms with van der Waals surface area (Å²) < 4.78 is 5.08. The van der Waals surface area contributed by atoms with Crippen LogP contribution in [0, 0.1) is 5.92 Å². The van der Waals surface area contributed by atoms with Crippen molar-refractivity contribution in [2.75, 3.05) is 11.9 Å². The number of carbonyl (C=O) groups excluding carboxylic acids is 2. The molecule has 7 heteroatoms. The van der Waals surface area contributed by atoms with Gasteiger partial charge < -0.3 is 20.5 Å². The van der Waals surface area contributed by atoms with E-state index in [2.05, 4.69) is 10.6 Å². The largest absolute Gasteiger partial charge is 0.482 e. The summed E-state index contributed by atoms with van der Waals surface area (Å²) in [6.07, 6.45) is 0.761. The summed E-state index contributed by atoms with van der Waals surface area (Å²) in [5.74, 6) is -1.20. The Morgan fingerprint density at radius 2 is 1.86 bits per heavy atom. The lowest BCUT2D eigenvalue weighted by atomic mass is 10.1. The average molecular weight is 384 g/mol. The number of hydrogen-bond acceptors (Lipinski definition) is 4. The molecule has 0 saturated carbocycles. The second kappa shape index (κ2) is 10.1. The zero-order chi connectivity index (χ0) is 20.5. The predicted octanol–water partition coefficient (Wildman–Crippen LogP) is 3.06. The van der Waals surface area contributed by atoms with Crippen molar-refractivity contribution in [2.45, 2.75) is 26.8 Å². The molecule has 0 fully saturated rings. The van der Waals surface area contributed by atoms with Crippen LogP contribution in [0.15, 0.2) is 48.5 Å². The molecule has 1 atom stereocenters. The van der Waals surface area contributed by atoms with Crippen molar-refractivity contribution < 1.29 is 24.2 Å². The Morgan fingerprint density at radius 1 is 1.11 bits per heavy atom. The number of aliphatic carboxylic acids is 1. The molecule has 7 nitrogen and oxygen atoms in total. The van der Waals surface area contributed by atoms with Crippen molar-refractivity contribution in [3.8, 4) is 5.75 Å². The zero-order valence-corrected chi connectivity index (χ0v) is 15.9. The van der Waals surface area contributed by atoms with Crippen LogP contribution in [-0.4, -0.2) is 29.5 Å². The number of carboxylic acid groups (broad SMARTS) is 1. The molecule has 0 radical (unpaired) electrons. The minimum atomic E-state index is -1.09. The average Bonchev–Trinajstić information content (AvgIpc) is 2.70. The first kappa shape index (κ1) is 21.0. The number of carboxylic acids is 1. The Kier molecular flexibility index (Phi) is 7.56. The molecule has 148 valence electrons. The third-order valence-corrected chi connectivity index (χ3v) is 4.17. The Labute approximate surface area is 163 Å². The molecule has 0 aliphatic rings. The summed E-state index contributed by atoms with van der Waals surface area (Å²) in [5, 5.41) is 14.3. The van der Waals surface area contributed by atoms with Crippen LogP contribution in [0.1, 0.15) is 36.2 Å². The van der Waals surface area contributed by atoms with Gasteiger partial charge in [0.1, 0.15) is 5.75 Å². The first-order valence-corrected chi connectivity index (χ1v) is 9.01. The van der Waals surface area contributed by atoms with Gasteiger partial charge in [0.15, 0.2) is 6.61 Å². The van der Waals surface area contributed by atoms with Gasteiger partial charge in [0, 0.05) is 23.7 Å². The van der Waals surface area contributed by atoms with E-state index in [0.29, 0.717) is 17.0 Å². The fraction of sp³-hybridized carbons (Fsp3) is 0.286. The fourth-order valence-electron chi connectivity index (χ4n) is 2.37. The molecule has 3 N–H and O–H groups in total. The summed E-state index contributed by atoms with van der Waals surface area (Å²) in [6, 6.07) is 13.6. The quantitative estimate of drug-likeness (QED) is 0.616. The van der Waals surface area contributed by atoms with Crippen molar-refractivity contribution in [3.05, 3.63) is 59.7 Å². The Balaban J connectivity index is 1.95. The molecule has 2 aromatic carbocycles. The maximum Gasteiger partial charge on any atom is 0.341 e. The van der Waals surface area contributed by atoms with Crippen LogP contribution in [0.5, 0.6) is 5.75 Å². The van der Waals surface area contributed by atoms with Crippen molar-refractivity contribution in [2.24, 2.45) is 5.92 Å². The summed E-state index contributed by atoms with van der Waals surface area (Å²) in [5.41, 5.74) is 1.89. The first-order chi connectivity index (χ1) is 13.4. The molecule has 0 saturated heterocycles. The van der Waals surface area contributed by atoms with Crippen LogP contribution < -0.4 is 15.4 Å². The number of nitrogens with one attached hydrogen (secondary N) is 2. The highest BCUT2D eigenvalue weighted by Gasteiger charge is 2.11. The second-order valence-corrected chi connectivity index (χ2v) is 6.39. The van der Waals surface area contributed by atoms with Crippen molar-refractivity contribution in [3.63, 3.8) is 0 Å². The number of amides is 2. The SMILES string of the molecule is CCC(C)C(=O)Nc1cccc(CNC(=O)c2cccc(OCC(=O)O)c2)c1.